The molecule has 0 radical (unpaired) electrons. The van der Waals surface area contributed by atoms with Crippen molar-refractivity contribution in [3.05, 3.63) is 17.7 Å². The van der Waals surface area contributed by atoms with E-state index in [9.17, 15) is 4.79 Å². The summed E-state index contributed by atoms with van der Waals surface area (Å²) in [7, 11) is 0. The number of fused-ring (bicyclic) bond motifs is 1. The second-order valence-electron chi connectivity index (χ2n) is 4.89. The van der Waals surface area contributed by atoms with Crippen molar-refractivity contribution >= 4 is 5.91 Å². The Bertz CT molecular complexity index is 399. The van der Waals surface area contributed by atoms with Gasteiger partial charge in [0.1, 0.15) is 11.5 Å². The topological polar surface area (TPSA) is 59.0 Å². The molecule has 92 valence electrons. The fourth-order valence-electron chi connectivity index (χ4n) is 2.13. The Morgan fingerprint density at radius 2 is 2.41 bits per heavy atom. The van der Waals surface area contributed by atoms with E-state index in [1.165, 1.54) is 12.8 Å². The second-order valence-corrected chi connectivity index (χ2v) is 4.89. The largest absolute Gasteiger partial charge is 0.350 e. The molecule has 1 amide bonds. The van der Waals surface area contributed by atoms with Crippen LogP contribution in [0, 0.1) is 5.92 Å². The van der Waals surface area contributed by atoms with Gasteiger partial charge < -0.3 is 15.2 Å². The van der Waals surface area contributed by atoms with Crippen molar-refractivity contribution in [3.63, 3.8) is 0 Å². The van der Waals surface area contributed by atoms with Crippen LogP contribution in [0.3, 0.4) is 0 Å². The molecule has 5 heteroatoms. The Balaban J connectivity index is 1.67. The maximum absolute atomic E-state index is 11.9. The average molecular weight is 234 g/mol. The summed E-state index contributed by atoms with van der Waals surface area (Å²) in [6, 6.07) is 0. The standard InChI is InChI=1S/C12H18N4O/c17-12(14-7-9-1-2-9)10-8-16-6-5-13-4-3-11(16)15-10/h8-9,13H,1-7H2,(H,14,17). The Labute approximate surface area is 101 Å². The summed E-state index contributed by atoms with van der Waals surface area (Å²) in [5, 5.41) is 6.27. The Kier molecular flexibility index (Phi) is 2.84. The first-order chi connectivity index (χ1) is 8.33. The number of aromatic nitrogens is 2. The van der Waals surface area contributed by atoms with E-state index < -0.39 is 0 Å². The molecule has 0 spiro atoms. The highest BCUT2D eigenvalue weighted by Gasteiger charge is 2.23. The molecule has 2 N–H and O–H groups in total. The van der Waals surface area contributed by atoms with Gasteiger partial charge in [-0.05, 0) is 18.8 Å². The van der Waals surface area contributed by atoms with Crippen molar-refractivity contribution in [2.45, 2.75) is 25.8 Å². The average Bonchev–Trinajstić information content (AvgIpc) is 3.11. The van der Waals surface area contributed by atoms with Crippen LogP contribution in [0.15, 0.2) is 6.20 Å². The minimum atomic E-state index is -0.0227. The monoisotopic (exact) mass is 234 g/mol. The van der Waals surface area contributed by atoms with Crippen molar-refractivity contribution in [2.24, 2.45) is 5.92 Å². The molecule has 1 aromatic rings. The van der Waals surface area contributed by atoms with Gasteiger partial charge in [-0.25, -0.2) is 4.98 Å². The van der Waals surface area contributed by atoms with Gasteiger partial charge in [0.25, 0.3) is 5.91 Å². The first-order valence-electron chi connectivity index (χ1n) is 6.38. The third-order valence-corrected chi connectivity index (χ3v) is 3.39. The van der Waals surface area contributed by atoms with Crippen LogP contribution >= 0.6 is 0 Å². The SMILES string of the molecule is O=C(NCC1CC1)c1cn2c(n1)CCNCC2. The van der Waals surface area contributed by atoms with Crippen LogP contribution in [-0.2, 0) is 13.0 Å². The second kappa shape index (κ2) is 4.49. The van der Waals surface area contributed by atoms with Crippen molar-refractivity contribution in [1.29, 1.82) is 0 Å². The van der Waals surface area contributed by atoms with E-state index in [1.807, 2.05) is 6.20 Å². The van der Waals surface area contributed by atoms with E-state index in [0.717, 1.165) is 38.4 Å². The van der Waals surface area contributed by atoms with Crippen molar-refractivity contribution < 1.29 is 4.79 Å². The smallest absolute Gasteiger partial charge is 0.271 e. The number of carbonyl (C=O) groups is 1. The van der Waals surface area contributed by atoms with Gasteiger partial charge >= 0.3 is 0 Å². The van der Waals surface area contributed by atoms with Gasteiger partial charge in [0.15, 0.2) is 0 Å². The van der Waals surface area contributed by atoms with Gasteiger partial charge in [-0.1, -0.05) is 0 Å². The zero-order valence-electron chi connectivity index (χ0n) is 9.91. The predicted octanol–water partition coefficient (Wildman–Crippen LogP) is 0.169. The van der Waals surface area contributed by atoms with E-state index >= 15 is 0 Å². The third-order valence-electron chi connectivity index (χ3n) is 3.39. The molecule has 2 heterocycles. The van der Waals surface area contributed by atoms with Crippen LogP contribution in [0.5, 0.6) is 0 Å². The molecule has 1 aromatic heterocycles. The summed E-state index contributed by atoms with van der Waals surface area (Å²) in [6.07, 6.45) is 5.29. The molecule has 1 fully saturated rings. The van der Waals surface area contributed by atoms with Crippen LogP contribution < -0.4 is 10.6 Å². The van der Waals surface area contributed by atoms with Crippen LogP contribution in [0.1, 0.15) is 29.2 Å². The van der Waals surface area contributed by atoms with Gasteiger partial charge in [0.2, 0.25) is 0 Å². The molecule has 0 bridgehead atoms. The van der Waals surface area contributed by atoms with Gasteiger partial charge in [-0.3, -0.25) is 4.79 Å². The summed E-state index contributed by atoms with van der Waals surface area (Å²) in [5.74, 6) is 1.71. The van der Waals surface area contributed by atoms with E-state index in [0.29, 0.717) is 11.6 Å². The van der Waals surface area contributed by atoms with Crippen LogP contribution in [0.2, 0.25) is 0 Å². The number of amides is 1. The molecular formula is C12H18N4O. The van der Waals surface area contributed by atoms with Crippen molar-refractivity contribution in [3.8, 4) is 0 Å². The molecule has 17 heavy (non-hydrogen) atoms. The number of imidazole rings is 1. The molecule has 5 nitrogen and oxygen atoms in total. The van der Waals surface area contributed by atoms with Crippen LogP contribution in [0.4, 0.5) is 0 Å². The van der Waals surface area contributed by atoms with E-state index in [2.05, 4.69) is 20.2 Å². The van der Waals surface area contributed by atoms with E-state index in [-0.39, 0.29) is 5.91 Å². The van der Waals surface area contributed by atoms with Gasteiger partial charge in [-0.15, -0.1) is 0 Å². The zero-order valence-corrected chi connectivity index (χ0v) is 9.91. The minimum absolute atomic E-state index is 0.0227. The van der Waals surface area contributed by atoms with Crippen molar-refractivity contribution in [2.75, 3.05) is 19.6 Å². The summed E-state index contributed by atoms with van der Waals surface area (Å²) in [6.45, 7) is 3.60. The number of hydrogen-bond donors (Lipinski definition) is 2. The lowest BCUT2D eigenvalue weighted by molar-refractivity contribution is 0.0947. The predicted molar refractivity (Wildman–Crippen MR) is 63.9 cm³/mol. The summed E-state index contributed by atoms with van der Waals surface area (Å²) in [5.41, 5.74) is 0.572. The number of nitrogens with zero attached hydrogens (tertiary/aromatic N) is 2. The van der Waals surface area contributed by atoms with Gasteiger partial charge in [0.05, 0.1) is 0 Å². The molecule has 1 aliphatic carbocycles. The summed E-state index contributed by atoms with van der Waals surface area (Å²) >= 11 is 0. The molecule has 1 aliphatic heterocycles. The molecule has 3 rings (SSSR count). The molecular weight excluding hydrogens is 216 g/mol. The van der Waals surface area contributed by atoms with Crippen LogP contribution in [-0.4, -0.2) is 35.1 Å². The number of nitrogens with one attached hydrogen (secondary N) is 2. The molecule has 0 saturated heterocycles. The molecule has 0 atom stereocenters. The molecule has 2 aliphatic rings. The Morgan fingerprint density at radius 3 is 3.24 bits per heavy atom. The summed E-state index contributed by atoms with van der Waals surface area (Å²) in [4.78, 5) is 16.3. The molecule has 1 saturated carbocycles. The van der Waals surface area contributed by atoms with E-state index in [1.54, 1.807) is 0 Å². The zero-order chi connectivity index (χ0) is 11.7. The third kappa shape index (κ3) is 2.49. The Morgan fingerprint density at radius 1 is 1.53 bits per heavy atom. The fraction of sp³-hybridized carbons (Fsp3) is 0.667. The van der Waals surface area contributed by atoms with Gasteiger partial charge in [-0.2, -0.15) is 0 Å². The minimum Gasteiger partial charge on any atom is -0.350 e. The highest BCUT2D eigenvalue weighted by Crippen LogP contribution is 2.27. The van der Waals surface area contributed by atoms with Crippen LogP contribution in [0.25, 0.3) is 0 Å². The summed E-state index contributed by atoms with van der Waals surface area (Å²) < 4.78 is 2.09. The highest BCUT2D eigenvalue weighted by atomic mass is 16.1. The maximum Gasteiger partial charge on any atom is 0.271 e. The lowest BCUT2D eigenvalue weighted by Crippen LogP contribution is -2.26. The molecule has 0 unspecified atom stereocenters. The number of carbonyl (C=O) groups excluding carboxylic acids is 1. The lowest BCUT2D eigenvalue weighted by Gasteiger charge is -2.01. The van der Waals surface area contributed by atoms with Gasteiger partial charge in [0, 0.05) is 38.8 Å². The highest BCUT2D eigenvalue weighted by molar-refractivity contribution is 5.92. The normalized spacial score (nSPS) is 19.5. The molecule has 0 aromatic carbocycles. The van der Waals surface area contributed by atoms with E-state index in [4.69, 9.17) is 0 Å². The maximum atomic E-state index is 11.9. The number of rotatable bonds is 3. The Hall–Kier alpha value is -1.36. The van der Waals surface area contributed by atoms with Crippen molar-refractivity contribution in [1.82, 2.24) is 20.2 Å². The first kappa shape index (κ1) is 10.8. The first-order valence-corrected chi connectivity index (χ1v) is 6.38. The fourth-order valence-corrected chi connectivity index (χ4v) is 2.13. The lowest BCUT2D eigenvalue weighted by atomic mass is 10.4. The quantitative estimate of drug-likeness (QED) is 0.783. The number of hydrogen-bond acceptors (Lipinski definition) is 3.